The molecule has 1 atom stereocenters. The number of sulfonamides is 1. The van der Waals surface area contributed by atoms with Crippen molar-refractivity contribution in [2.75, 3.05) is 6.61 Å². The van der Waals surface area contributed by atoms with E-state index in [1.807, 2.05) is 81.5 Å². The zero-order chi connectivity index (χ0) is 30.5. The summed E-state index contributed by atoms with van der Waals surface area (Å²) < 4.78 is 35.0. The summed E-state index contributed by atoms with van der Waals surface area (Å²) in [6.45, 7) is 13.1. The molecule has 0 radical (unpaired) electrons. The van der Waals surface area contributed by atoms with E-state index in [4.69, 9.17) is 4.74 Å². The van der Waals surface area contributed by atoms with Gasteiger partial charge in [-0.2, -0.15) is 0 Å². The highest BCUT2D eigenvalue weighted by molar-refractivity contribution is 7.89. The van der Waals surface area contributed by atoms with Crippen LogP contribution in [-0.2, 0) is 25.0 Å². The summed E-state index contributed by atoms with van der Waals surface area (Å²) in [5, 5.41) is 3.50. The van der Waals surface area contributed by atoms with Crippen LogP contribution >= 0.6 is 0 Å². The average Bonchev–Trinajstić information content (AvgIpc) is 3.25. The highest BCUT2D eigenvalue weighted by atomic mass is 32.2. The molecule has 2 aromatic carbocycles. The molecule has 0 amide bonds. The second-order valence-electron chi connectivity index (χ2n) is 12.6. The molecule has 0 aromatic heterocycles. The van der Waals surface area contributed by atoms with Gasteiger partial charge in [0, 0.05) is 17.9 Å². The zero-order valence-corrected chi connectivity index (χ0v) is 26.5. The van der Waals surface area contributed by atoms with E-state index < -0.39 is 15.6 Å². The first-order valence-corrected chi connectivity index (χ1v) is 16.2. The van der Waals surface area contributed by atoms with Crippen LogP contribution in [0.15, 0.2) is 101 Å². The molecule has 2 aromatic rings. The predicted molar refractivity (Wildman–Crippen MR) is 170 cm³/mol. The molecule has 4 rings (SSSR count). The average molecular weight is 589 g/mol. The highest BCUT2D eigenvalue weighted by Gasteiger charge is 2.42. The molecular weight excluding hydrogens is 544 g/mol. The summed E-state index contributed by atoms with van der Waals surface area (Å²) in [7, 11) is -3.80. The summed E-state index contributed by atoms with van der Waals surface area (Å²) in [4.78, 5) is 13.7. The van der Waals surface area contributed by atoms with Crippen molar-refractivity contribution in [2.45, 2.75) is 89.2 Å². The van der Waals surface area contributed by atoms with Crippen molar-refractivity contribution in [3.63, 3.8) is 0 Å². The van der Waals surface area contributed by atoms with Gasteiger partial charge in [0.15, 0.2) is 0 Å². The minimum Gasteiger partial charge on any atom is -0.379 e. The van der Waals surface area contributed by atoms with Crippen LogP contribution in [0.2, 0.25) is 0 Å². The van der Waals surface area contributed by atoms with E-state index in [9.17, 15) is 13.2 Å². The van der Waals surface area contributed by atoms with Crippen molar-refractivity contribution < 1.29 is 17.9 Å². The molecule has 2 aliphatic rings. The smallest absolute Gasteiger partial charge is 0.261 e. The number of carbonyl (C=O) groups excluding carboxylic acids is 1. The lowest BCUT2D eigenvalue weighted by molar-refractivity contribution is -0.111. The second-order valence-corrected chi connectivity index (χ2v) is 14.2. The Hall–Kier alpha value is -3.42. The van der Waals surface area contributed by atoms with Gasteiger partial charge < -0.3 is 10.1 Å². The number of carbonyl (C=O) groups is 1. The Morgan fingerprint density at radius 2 is 1.76 bits per heavy atom. The van der Waals surface area contributed by atoms with Gasteiger partial charge >= 0.3 is 0 Å². The molecule has 1 heterocycles. The van der Waals surface area contributed by atoms with Crippen molar-refractivity contribution >= 4 is 21.4 Å². The van der Waals surface area contributed by atoms with Gasteiger partial charge in [0.2, 0.25) is 5.78 Å². The summed E-state index contributed by atoms with van der Waals surface area (Å²) in [5.74, 6) is -0.0927. The molecule has 1 aliphatic carbocycles. The predicted octanol–water partition coefficient (Wildman–Crippen LogP) is 6.97. The van der Waals surface area contributed by atoms with Gasteiger partial charge in [0.05, 0.1) is 22.2 Å². The van der Waals surface area contributed by atoms with Crippen LogP contribution in [0.5, 0.6) is 0 Å². The van der Waals surface area contributed by atoms with Crippen molar-refractivity contribution in [1.82, 2.24) is 10.0 Å². The van der Waals surface area contributed by atoms with Crippen LogP contribution in [-0.4, -0.2) is 32.5 Å². The van der Waals surface area contributed by atoms with E-state index >= 15 is 0 Å². The van der Waals surface area contributed by atoms with Crippen molar-refractivity contribution in [3.8, 4) is 0 Å². The number of fused-ring (bicyclic) bond motifs is 1. The Balaban J connectivity index is 1.58. The molecule has 224 valence electrons. The Kier molecular flexibility index (Phi) is 9.63. The first-order chi connectivity index (χ1) is 19.8. The molecule has 0 bridgehead atoms. The fourth-order valence-electron chi connectivity index (χ4n) is 5.20. The van der Waals surface area contributed by atoms with Crippen molar-refractivity contribution in [1.29, 1.82) is 0 Å². The minimum atomic E-state index is -3.80. The maximum absolute atomic E-state index is 13.5. The molecular formula is C35H44N2O4S. The normalized spacial score (nSPS) is 19.0. The number of benzene rings is 2. The Morgan fingerprint density at radius 1 is 1.07 bits per heavy atom. The molecule has 1 unspecified atom stereocenters. The van der Waals surface area contributed by atoms with Gasteiger partial charge in [-0.05, 0) is 92.9 Å². The maximum Gasteiger partial charge on any atom is 0.261 e. The SMILES string of the molecule is CC(C)OCCCC/C=C/C(=O)C1=C(c2ccccc2)C2=CC(NS(=O)(=O)c3ccc(C(C)(C)C)cc3)=CCC2(C)N1. The Morgan fingerprint density at radius 3 is 2.40 bits per heavy atom. The Bertz CT molecular complexity index is 1510. The first-order valence-electron chi connectivity index (χ1n) is 14.8. The molecule has 42 heavy (non-hydrogen) atoms. The number of hydrogen-bond acceptors (Lipinski definition) is 5. The quantitative estimate of drug-likeness (QED) is 0.207. The maximum atomic E-state index is 13.5. The first kappa shape index (κ1) is 31.5. The summed E-state index contributed by atoms with van der Waals surface area (Å²) >= 11 is 0. The lowest BCUT2D eigenvalue weighted by Gasteiger charge is -2.31. The van der Waals surface area contributed by atoms with Crippen molar-refractivity contribution in [3.05, 3.63) is 107 Å². The third-order valence-electron chi connectivity index (χ3n) is 7.62. The molecule has 0 spiro atoms. The van der Waals surface area contributed by atoms with E-state index in [0.29, 0.717) is 17.8 Å². The highest BCUT2D eigenvalue weighted by Crippen LogP contribution is 2.44. The van der Waals surface area contributed by atoms with E-state index in [0.717, 1.165) is 48.1 Å². The number of hydrogen-bond donors (Lipinski definition) is 2. The summed E-state index contributed by atoms with van der Waals surface area (Å²) in [6.07, 6.45) is 10.7. The zero-order valence-electron chi connectivity index (χ0n) is 25.7. The minimum absolute atomic E-state index is 0.0706. The number of unbranched alkanes of at least 4 members (excludes halogenated alkanes) is 2. The van der Waals surface area contributed by atoms with E-state index in [1.165, 1.54) is 0 Å². The standard InChI is InChI=1S/C35H44N2O4S/c1-25(2)41-23-13-8-7-12-16-31(38)33-32(26-14-10-9-11-15-26)30-24-28(21-22-35(30,6)36-33)37-42(39,40)29-19-17-27(18-20-29)34(3,4)5/h9-12,14-21,24-25,36-37H,7-8,13,22-23H2,1-6H3/b16-12+. The van der Waals surface area contributed by atoms with Crippen LogP contribution in [0.4, 0.5) is 0 Å². The van der Waals surface area contributed by atoms with Crippen LogP contribution in [0.1, 0.15) is 78.4 Å². The molecule has 7 heteroatoms. The van der Waals surface area contributed by atoms with Gasteiger partial charge in [-0.1, -0.05) is 75.4 Å². The number of ether oxygens (including phenoxy) is 1. The number of rotatable bonds is 12. The fraction of sp³-hybridized carbons (Fsp3) is 0.400. The van der Waals surface area contributed by atoms with Crippen LogP contribution in [0.25, 0.3) is 5.57 Å². The number of nitrogens with one attached hydrogen (secondary N) is 2. The largest absolute Gasteiger partial charge is 0.379 e. The van der Waals surface area contributed by atoms with Gasteiger partial charge in [0.25, 0.3) is 10.0 Å². The van der Waals surface area contributed by atoms with Crippen LogP contribution < -0.4 is 10.0 Å². The molecule has 1 aliphatic heterocycles. The van der Waals surface area contributed by atoms with E-state index in [1.54, 1.807) is 18.2 Å². The topological polar surface area (TPSA) is 84.5 Å². The molecule has 0 fully saturated rings. The third-order valence-corrected chi connectivity index (χ3v) is 9.02. The molecule has 6 nitrogen and oxygen atoms in total. The van der Waals surface area contributed by atoms with Crippen molar-refractivity contribution in [2.24, 2.45) is 0 Å². The van der Waals surface area contributed by atoms with Gasteiger partial charge in [0.1, 0.15) is 0 Å². The number of allylic oxidation sites excluding steroid dienone is 3. The molecule has 0 saturated heterocycles. The monoisotopic (exact) mass is 588 g/mol. The lowest BCUT2D eigenvalue weighted by atomic mass is 9.81. The van der Waals surface area contributed by atoms with E-state index in [2.05, 4.69) is 30.8 Å². The van der Waals surface area contributed by atoms with Crippen LogP contribution in [0.3, 0.4) is 0 Å². The van der Waals surface area contributed by atoms with Gasteiger partial charge in [-0.3, -0.25) is 9.52 Å². The molecule has 0 saturated carbocycles. The van der Waals surface area contributed by atoms with Gasteiger partial charge in [-0.25, -0.2) is 8.42 Å². The fourth-order valence-corrected chi connectivity index (χ4v) is 6.27. The molecule has 2 N–H and O–H groups in total. The van der Waals surface area contributed by atoms with Crippen LogP contribution in [0, 0.1) is 0 Å². The Labute approximate surface area is 251 Å². The van der Waals surface area contributed by atoms with E-state index in [-0.39, 0.29) is 22.2 Å². The summed E-state index contributed by atoms with van der Waals surface area (Å²) in [5.41, 5.74) is 4.08. The lowest BCUT2D eigenvalue weighted by Crippen LogP contribution is -2.41. The summed E-state index contributed by atoms with van der Waals surface area (Å²) in [6, 6.07) is 16.8. The second kappa shape index (κ2) is 12.8. The number of ketones is 1. The third kappa shape index (κ3) is 7.50. The van der Waals surface area contributed by atoms with Gasteiger partial charge in [-0.15, -0.1) is 0 Å².